The smallest absolute Gasteiger partial charge is 0.263 e. The number of carbonyl (C=O) groups excluding carboxylic acids is 1. The first-order chi connectivity index (χ1) is 10.9. The van der Waals surface area contributed by atoms with Crippen molar-refractivity contribution in [2.24, 2.45) is 7.05 Å². The summed E-state index contributed by atoms with van der Waals surface area (Å²) in [4.78, 5) is 24.5. The van der Waals surface area contributed by atoms with Crippen molar-refractivity contribution in [2.45, 2.75) is 26.7 Å². The first kappa shape index (κ1) is 17.3. The number of halogens is 1. The second-order valence-corrected chi connectivity index (χ2v) is 6.13. The second-order valence-electron chi connectivity index (χ2n) is 5.69. The topological polar surface area (TPSA) is 51.1 Å². The van der Waals surface area contributed by atoms with Gasteiger partial charge in [0.2, 0.25) is 0 Å². The highest BCUT2D eigenvalue weighted by Crippen LogP contribution is 2.11. The molecule has 1 heterocycles. The standard InChI is InChI=1S/C18H21ClN2O2/c1-12-11-13(2)21(3)18(23)16(12)17(22)20-10-4-5-14-6-8-15(19)9-7-14/h6-9,11H,4-5,10H2,1-3H3,(H,20,22). The van der Waals surface area contributed by atoms with Gasteiger partial charge in [-0.3, -0.25) is 9.59 Å². The average Bonchev–Trinajstić information content (AvgIpc) is 2.51. The molecule has 0 bridgehead atoms. The Hall–Kier alpha value is -2.07. The maximum atomic E-state index is 12.3. The molecule has 2 aromatic rings. The Bertz CT molecular complexity index is 764. The van der Waals surface area contributed by atoms with Gasteiger partial charge in [-0.05, 0) is 56.0 Å². The Balaban J connectivity index is 1.94. The second kappa shape index (κ2) is 7.47. The summed E-state index contributed by atoms with van der Waals surface area (Å²) < 4.78 is 1.50. The summed E-state index contributed by atoms with van der Waals surface area (Å²) >= 11 is 5.85. The highest BCUT2D eigenvalue weighted by atomic mass is 35.5. The zero-order valence-corrected chi connectivity index (χ0v) is 14.4. The number of carbonyl (C=O) groups is 1. The molecule has 0 aliphatic rings. The van der Waals surface area contributed by atoms with Gasteiger partial charge in [-0.25, -0.2) is 0 Å². The molecule has 4 nitrogen and oxygen atoms in total. The molecule has 122 valence electrons. The molecule has 0 atom stereocenters. The zero-order chi connectivity index (χ0) is 17.0. The van der Waals surface area contributed by atoms with Crippen LogP contribution in [0.1, 0.15) is 33.6 Å². The van der Waals surface area contributed by atoms with Crippen molar-refractivity contribution < 1.29 is 4.79 Å². The van der Waals surface area contributed by atoms with E-state index >= 15 is 0 Å². The van der Waals surface area contributed by atoms with Crippen LogP contribution in [0.3, 0.4) is 0 Å². The van der Waals surface area contributed by atoms with E-state index in [4.69, 9.17) is 11.6 Å². The molecular formula is C18H21ClN2O2. The van der Waals surface area contributed by atoms with Gasteiger partial charge in [0.1, 0.15) is 5.56 Å². The average molecular weight is 333 g/mol. The molecule has 0 fully saturated rings. The lowest BCUT2D eigenvalue weighted by molar-refractivity contribution is 0.0950. The van der Waals surface area contributed by atoms with Gasteiger partial charge in [0.15, 0.2) is 0 Å². The van der Waals surface area contributed by atoms with Crippen LogP contribution < -0.4 is 10.9 Å². The maximum Gasteiger partial charge on any atom is 0.263 e. The third kappa shape index (κ3) is 4.23. The fraction of sp³-hybridized carbons (Fsp3) is 0.333. The third-order valence-electron chi connectivity index (χ3n) is 3.94. The predicted molar refractivity (Wildman–Crippen MR) is 93.3 cm³/mol. The number of aryl methyl sites for hydroxylation is 3. The zero-order valence-electron chi connectivity index (χ0n) is 13.6. The molecule has 0 saturated heterocycles. The van der Waals surface area contributed by atoms with Crippen molar-refractivity contribution in [1.82, 2.24) is 9.88 Å². The summed E-state index contributed by atoms with van der Waals surface area (Å²) in [5, 5.41) is 3.55. The molecule has 0 radical (unpaired) electrons. The quantitative estimate of drug-likeness (QED) is 0.856. The fourth-order valence-corrected chi connectivity index (χ4v) is 2.61. The Morgan fingerprint density at radius 2 is 1.87 bits per heavy atom. The Labute approximate surface area is 141 Å². The minimum Gasteiger partial charge on any atom is -0.352 e. The molecule has 0 saturated carbocycles. The molecule has 5 heteroatoms. The van der Waals surface area contributed by atoms with Crippen LogP contribution in [0.2, 0.25) is 5.02 Å². The van der Waals surface area contributed by atoms with E-state index in [0.717, 1.165) is 18.5 Å². The van der Waals surface area contributed by atoms with Crippen molar-refractivity contribution in [3.8, 4) is 0 Å². The summed E-state index contributed by atoms with van der Waals surface area (Å²) in [7, 11) is 1.68. The summed E-state index contributed by atoms with van der Waals surface area (Å²) in [5.74, 6) is -0.306. The largest absolute Gasteiger partial charge is 0.352 e. The highest BCUT2D eigenvalue weighted by molar-refractivity contribution is 6.30. The van der Waals surface area contributed by atoms with Gasteiger partial charge in [-0.1, -0.05) is 23.7 Å². The summed E-state index contributed by atoms with van der Waals surface area (Å²) in [6, 6.07) is 9.52. The number of amides is 1. The molecule has 0 aliphatic heterocycles. The number of aromatic nitrogens is 1. The number of hydrogen-bond donors (Lipinski definition) is 1. The van der Waals surface area contributed by atoms with Crippen molar-refractivity contribution in [3.63, 3.8) is 0 Å². The number of pyridine rings is 1. The Morgan fingerprint density at radius 3 is 2.52 bits per heavy atom. The molecule has 1 aromatic heterocycles. The molecule has 1 N–H and O–H groups in total. The van der Waals surface area contributed by atoms with E-state index in [9.17, 15) is 9.59 Å². The molecule has 2 rings (SSSR count). The van der Waals surface area contributed by atoms with Gasteiger partial charge in [0.25, 0.3) is 11.5 Å². The van der Waals surface area contributed by atoms with E-state index < -0.39 is 0 Å². The van der Waals surface area contributed by atoms with Gasteiger partial charge >= 0.3 is 0 Å². The SMILES string of the molecule is Cc1cc(C)n(C)c(=O)c1C(=O)NCCCc1ccc(Cl)cc1. The van der Waals surface area contributed by atoms with E-state index in [1.807, 2.05) is 37.3 Å². The molecule has 0 unspecified atom stereocenters. The fourth-order valence-electron chi connectivity index (χ4n) is 2.49. The first-order valence-corrected chi connectivity index (χ1v) is 7.98. The Morgan fingerprint density at radius 1 is 1.22 bits per heavy atom. The minimum absolute atomic E-state index is 0.226. The first-order valence-electron chi connectivity index (χ1n) is 7.60. The van der Waals surface area contributed by atoms with E-state index in [1.54, 1.807) is 14.0 Å². The normalized spacial score (nSPS) is 10.6. The van der Waals surface area contributed by atoms with E-state index in [0.29, 0.717) is 17.1 Å². The number of hydrogen-bond acceptors (Lipinski definition) is 2. The lowest BCUT2D eigenvalue weighted by atomic mass is 10.1. The van der Waals surface area contributed by atoms with Gasteiger partial charge in [0, 0.05) is 24.3 Å². The summed E-state index contributed by atoms with van der Waals surface area (Å²) in [6.45, 7) is 4.16. The highest BCUT2D eigenvalue weighted by Gasteiger charge is 2.15. The van der Waals surface area contributed by atoms with Crippen LogP contribution >= 0.6 is 11.6 Å². The van der Waals surface area contributed by atoms with Gasteiger partial charge < -0.3 is 9.88 Å². The van der Waals surface area contributed by atoms with E-state index in [-0.39, 0.29) is 17.0 Å². The van der Waals surface area contributed by atoms with Crippen LogP contribution in [0.25, 0.3) is 0 Å². The summed E-state index contributed by atoms with van der Waals surface area (Å²) in [6.07, 6.45) is 1.65. The monoisotopic (exact) mass is 332 g/mol. The number of benzene rings is 1. The lowest BCUT2D eigenvalue weighted by Crippen LogP contribution is -2.34. The molecular weight excluding hydrogens is 312 g/mol. The number of nitrogens with zero attached hydrogens (tertiary/aromatic N) is 1. The van der Waals surface area contributed by atoms with Crippen LogP contribution in [-0.2, 0) is 13.5 Å². The van der Waals surface area contributed by atoms with Crippen LogP contribution in [-0.4, -0.2) is 17.0 Å². The van der Waals surface area contributed by atoms with Crippen LogP contribution in [0.5, 0.6) is 0 Å². The molecule has 23 heavy (non-hydrogen) atoms. The van der Waals surface area contributed by atoms with Crippen LogP contribution in [0.4, 0.5) is 0 Å². The molecule has 1 aromatic carbocycles. The molecule has 0 spiro atoms. The minimum atomic E-state index is -0.306. The summed E-state index contributed by atoms with van der Waals surface area (Å²) in [5.41, 5.74) is 2.70. The van der Waals surface area contributed by atoms with Gasteiger partial charge in [-0.2, -0.15) is 0 Å². The number of rotatable bonds is 5. The predicted octanol–water partition coefficient (Wildman–Crippen LogP) is 3.02. The van der Waals surface area contributed by atoms with Crippen LogP contribution in [0, 0.1) is 13.8 Å². The van der Waals surface area contributed by atoms with E-state index in [2.05, 4.69) is 5.32 Å². The number of nitrogens with one attached hydrogen (secondary N) is 1. The van der Waals surface area contributed by atoms with E-state index in [1.165, 1.54) is 10.1 Å². The van der Waals surface area contributed by atoms with Crippen molar-refractivity contribution in [3.05, 3.63) is 68.1 Å². The van der Waals surface area contributed by atoms with Crippen LogP contribution in [0.15, 0.2) is 35.1 Å². The van der Waals surface area contributed by atoms with Crippen molar-refractivity contribution in [2.75, 3.05) is 6.54 Å². The van der Waals surface area contributed by atoms with Gasteiger partial charge in [-0.15, -0.1) is 0 Å². The third-order valence-corrected chi connectivity index (χ3v) is 4.19. The maximum absolute atomic E-state index is 12.3. The van der Waals surface area contributed by atoms with Crippen molar-refractivity contribution >= 4 is 17.5 Å². The Kier molecular flexibility index (Phi) is 5.61. The van der Waals surface area contributed by atoms with Gasteiger partial charge in [0.05, 0.1) is 0 Å². The molecule has 1 amide bonds. The van der Waals surface area contributed by atoms with Crippen molar-refractivity contribution in [1.29, 1.82) is 0 Å². The molecule has 0 aliphatic carbocycles. The lowest BCUT2D eigenvalue weighted by Gasteiger charge is -2.11.